The van der Waals surface area contributed by atoms with Crippen LogP contribution in [0.4, 0.5) is 5.69 Å². The number of nitrogens with one attached hydrogen (secondary N) is 1. The second-order valence-electron chi connectivity index (χ2n) is 4.47. The van der Waals surface area contributed by atoms with Gasteiger partial charge < -0.3 is 10.4 Å². The molecule has 0 aliphatic heterocycles. The summed E-state index contributed by atoms with van der Waals surface area (Å²) in [4.78, 5) is 0. The first-order valence-corrected chi connectivity index (χ1v) is 6.21. The Labute approximate surface area is 106 Å². The van der Waals surface area contributed by atoms with Crippen LogP contribution >= 0.6 is 23.2 Å². The van der Waals surface area contributed by atoms with Crippen LogP contribution < -0.4 is 5.32 Å². The third kappa shape index (κ3) is 2.29. The van der Waals surface area contributed by atoms with Crippen LogP contribution in [-0.4, -0.2) is 18.3 Å². The van der Waals surface area contributed by atoms with E-state index in [0.29, 0.717) is 10.0 Å². The fourth-order valence-electron chi connectivity index (χ4n) is 1.99. The zero-order valence-electron chi connectivity index (χ0n) is 8.97. The lowest BCUT2D eigenvalue weighted by molar-refractivity contribution is 0.0576. The molecule has 0 aromatic heterocycles. The Morgan fingerprint density at radius 2 is 2.06 bits per heavy atom. The summed E-state index contributed by atoms with van der Waals surface area (Å²) in [7, 11) is 0. The Kier molecular flexibility index (Phi) is 3.63. The third-order valence-electron chi connectivity index (χ3n) is 3.36. The maximum atomic E-state index is 9.34. The molecule has 0 heterocycles. The van der Waals surface area contributed by atoms with Gasteiger partial charge in [-0.1, -0.05) is 35.7 Å². The van der Waals surface area contributed by atoms with Crippen LogP contribution in [0.2, 0.25) is 10.0 Å². The first kappa shape index (κ1) is 12.0. The standard InChI is InChI=1S/C12H15Cl2NO/c13-9-3-1-4-10(11(9)14)15-7-12(8-16)5-2-6-12/h1,3-4,15-16H,2,5-8H2. The SMILES string of the molecule is OCC1(CNc2cccc(Cl)c2Cl)CCC1. The highest BCUT2D eigenvalue weighted by Gasteiger charge is 2.36. The van der Waals surface area contributed by atoms with E-state index >= 15 is 0 Å². The first-order chi connectivity index (χ1) is 7.67. The number of hydrogen-bond donors (Lipinski definition) is 2. The Morgan fingerprint density at radius 3 is 2.62 bits per heavy atom. The van der Waals surface area contributed by atoms with E-state index in [0.717, 1.165) is 25.1 Å². The fourth-order valence-corrected chi connectivity index (χ4v) is 2.36. The van der Waals surface area contributed by atoms with Gasteiger partial charge in [-0.15, -0.1) is 0 Å². The number of aliphatic hydroxyl groups is 1. The van der Waals surface area contributed by atoms with Gasteiger partial charge in [0, 0.05) is 12.0 Å². The van der Waals surface area contributed by atoms with E-state index in [1.165, 1.54) is 6.42 Å². The molecule has 1 aliphatic carbocycles. The summed E-state index contributed by atoms with van der Waals surface area (Å²) >= 11 is 12.0. The van der Waals surface area contributed by atoms with Crippen LogP contribution in [0.25, 0.3) is 0 Å². The average Bonchev–Trinajstić information content (AvgIpc) is 2.23. The summed E-state index contributed by atoms with van der Waals surface area (Å²) in [6.07, 6.45) is 3.36. The molecule has 1 aliphatic rings. The molecule has 2 rings (SSSR count). The molecule has 88 valence electrons. The maximum absolute atomic E-state index is 9.34. The van der Waals surface area contributed by atoms with E-state index in [9.17, 15) is 5.11 Å². The zero-order chi connectivity index (χ0) is 11.6. The van der Waals surface area contributed by atoms with E-state index in [1.807, 2.05) is 12.1 Å². The van der Waals surface area contributed by atoms with Crippen molar-refractivity contribution in [2.24, 2.45) is 5.41 Å². The van der Waals surface area contributed by atoms with Gasteiger partial charge in [-0.05, 0) is 25.0 Å². The monoisotopic (exact) mass is 259 g/mol. The molecular weight excluding hydrogens is 245 g/mol. The maximum Gasteiger partial charge on any atom is 0.0823 e. The summed E-state index contributed by atoms with van der Waals surface area (Å²) < 4.78 is 0. The number of aliphatic hydroxyl groups excluding tert-OH is 1. The quantitative estimate of drug-likeness (QED) is 0.867. The van der Waals surface area contributed by atoms with Crippen molar-refractivity contribution in [1.82, 2.24) is 0 Å². The predicted molar refractivity (Wildman–Crippen MR) is 68.3 cm³/mol. The van der Waals surface area contributed by atoms with Gasteiger partial charge in [-0.3, -0.25) is 0 Å². The molecule has 0 atom stereocenters. The van der Waals surface area contributed by atoms with Crippen molar-refractivity contribution in [3.8, 4) is 0 Å². The van der Waals surface area contributed by atoms with E-state index in [1.54, 1.807) is 6.07 Å². The van der Waals surface area contributed by atoms with Crippen molar-refractivity contribution in [3.05, 3.63) is 28.2 Å². The molecule has 0 amide bonds. The van der Waals surface area contributed by atoms with Crippen molar-refractivity contribution >= 4 is 28.9 Å². The minimum atomic E-state index is 0.0473. The Hall–Kier alpha value is -0.440. The van der Waals surface area contributed by atoms with Crippen LogP contribution in [0.5, 0.6) is 0 Å². The molecule has 0 bridgehead atoms. The first-order valence-electron chi connectivity index (χ1n) is 5.46. The summed E-state index contributed by atoms with van der Waals surface area (Å²) in [6.45, 7) is 0.988. The van der Waals surface area contributed by atoms with Gasteiger partial charge in [-0.2, -0.15) is 0 Å². The summed E-state index contributed by atoms with van der Waals surface area (Å²) in [6, 6.07) is 5.53. The summed E-state index contributed by atoms with van der Waals surface area (Å²) in [5, 5.41) is 13.7. The Bertz CT molecular complexity index is 372. The van der Waals surface area contributed by atoms with Gasteiger partial charge in [0.25, 0.3) is 0 Å². The van der Waals surface area contributed by atoms with Gasteiger partial charge in [-0.25, -0.2) is 0 Å². The highest BCUT2D eigenvalue weighted by Crippen LogP contribution is 2.41. The van der Waals surface area contributed by atoms with Crippen LogP contribution in [0.15, 0.2) is 18.2 Å². The molecule has 1 aromatic rings. The van der Waals surface area contributed by atoms with Crippen molar-refractivity contribution in [1.29, 1.82) is 0 Å². The van der Waals surface area contributed by atoms with Crippen LogP contribution in [0.1, 0.15) is 19.3 Å². The summed E-state index contributed by atoms with van der Waals surface area (Å²) in [5.74, 6) is 0. The molecule has 0 unspecified atom stereocenters. The fraction of sp³-hybridized carbons (Fsp3) is 0.500. The van der Waals surface area contributed by atoms with E-state index in [2.05, 4.69) is 5.32 Å². The number of anilines is 1. The topological polar surface area (TPSA) is 32.3 Å². The number of halogens is 2. The minimum Gasteiger partial charge on any atom is -0.396 e. The molecular formula is C12H15Cl2NO. The van der Waals surface area contributed by atoms with Gasteiger partial charge >= 0.3 is 0 Å². The lowest BCUT2D eigenvalue weighted by Gasteiger charge is -2.40. The van der Waals surface area contributed by atoms with Crippen molar-refractivity contribution < 1.29 is 5.11 Å². The molecule has 1 aromatic carbocycles. The highest BCUT2D eigenvalue weighted by atomic mass is 35.5. The highest BCUT2D eigenvalue weighted by molar-refractivity contribution is 6.43. The third-order valence-corrected chi connectivity index (χ3v) is 4.17. The van der Waals surface area contributed by atoms with Crippen molar-refractivity contribution in [3.63, 3.8) is 0 Å². The lowest BCUT2D eigenvalue weighted by Crippen LogP contribution is -2.39. The molecule has 2 nitrogen and oxygen atoms in total. The van der Waals surface area contributed by atoms with E-state index in [4.69, 9.17) is 23.2 Å². The molecule has 1 saturated carbocycles. The predicted octanol–water partition coefficient (Wildman–Crippen LogP) is 3.57. The molecule has 0 radical (unpaired) electrons. The number of rotatable bonds is 4. The molecule has 2 N–H and O–H groups in total. The molecule has 4 heteroatoms. The second kappa shape index (κ2) is 4.82. The van der Waals surface area contributed by atoms with E-state index in [-0.39, 0.29) is 12.0 Å². The molecule has 0 spiro atoms. The Balaban J connectivity index is 2.02. The smallest absolute Gasteiger partial charge is 0.0823 e. The van der Waals surface area contributed by atoms with Gasteiger partial charge in [0.15, 0.2) is 0 Å². The normalized spacial score (nSPS) is 17.9. The van der Waals surface area contributed by atoms with Crippen LogP contribution in [0.3, 0.4) is 0 Å². The van der Waals surface area contributed by atoms with Crippen molar-refractivity contribution in [2.75, 3.05) is 18.5 Å². The lowest BCUT2D eigenvalue weighted by atomic mass is 9.69. The summed E-state index contributed by atoms with van der Waals surface area (Å²) in [5.41, 5.74) is 0.889. The van der Waals surface area contributed by atoms with Crippen LogP contribution in [-0.2, 0) is 0 Å². The number of hydrogen-bond acceptors (Lipinski definition) is 2. The average molecular weight is 260 g/mol. The number of benzene rings is 1. The molecule has 16 heavy (non-hydrogen) atoms. The van der Waals surface area contributed by atoms with Gasteiger partial charge in [0.1, 0.15) is 0 Å². The molecule has 0 saturated heterocycles. The van der Waals surface area contributed by atoms with Crippen molar-refractivity contribution in [2.45, 2.75) is 19.3 Å². The Morgan fingerprint density at radius 1 is 1.31 bits per heavy atom. The second-order valence-corrected chi connectivity index (χ2v) is 5.25. The molecule has 1 fully saturated rings. The zero-order valence-corrected chi connectivity index (χ0v) is 10.5. The largest absolute Gasteiger partial charge is 0.396 e. The minimum absolute atomic E-state index is 0.0473. The van der Waals surface area contributed by atoms with E-state index < -0.39 is 0 Å². The van der Waals surface area contributed by atoms with Crippen LogP contribution in [0, 0.1) is 5.41 Å². The van der Waals surface area contributed by atoms with Gasteiger partial charge in [0.2, 0.25) is 0 Å². The van der Waals surface area contributed by atoms with Gasteiger partial charge in [0.05, 0.1) is 22.3 Å².